The van der Waals surface area contributed by atoms with Gasteiger partial charge in [-0.05, 0) is 18.3 Å². The SMILES string of the molecule is [C-]#[N+]c1ccc(CCC(C)(C)C)cc1. The van der Waals surface area contributed by atoms with E-state index in [4.69, 9.17) is 6.57 Å². The van der Waals surface area contributed by atoms with Gasteiger partial charge in [0.25, 0.3) is 0 Å². The summed E-state index contributed by atoms with van der Waals surface area (Å²) >= 11 is 0. The van der Waals surface area contributed by atoms with Crippen molar-refractivity contribution >= 4 is 5.69 Å². The molecule has 1 aromatic carbocycles. The topological polar surface area (TPSA) is 4.36 Å². The van der Waals surface area contributed by atoms with Crippen molar-refractivity contribution in [3.05, 3.63) is 41.2 Å². The van der Waals surface area contributed by atoms with Crippen LogP contribution in [0.3, 0.4) is 0 Å². The second-order valence-electron chi connectivity index (χ2n) is 4.84. The van der Waals surface area contributed by atoms with Crippen molar-refractivity contribution in [1.29, 1.82) is 0 Å². The summed E-state index contributed by atoms with van der Waals surface area (Å²) in [5.41, 5.74) is 2.44. The standard InChI is InChI=1S/C13H17N/c1-13(2,3)10-9-11-5-7-12(14-4)8-6-11/h5-8H,9-10H2,1-3H3. The Labute approximate surface area is 86.6 Å². The van der Waals surface area contributed by atoms with Crippen LogP contribution in [-0.4, -0.2) is 0 Å². The third-order valence-electron chi connectivity index (χ3n) is 2.23. The van der Waals surface area contributed by atoms with Crippen molar-refractivity contribution in [2.45, 2.75) is 33.6 Å². The minimum absolute atomic E-state index is 0.387. The van der Waals surface area contributed by atoms with Gasteiger partial charge in [-0.1, -0.05) is 50.6 Å². The summed E-state index contributed by atoms with van der Waals surface area (Å²) in [6.45, 7) is 13.6. The molecular weight excluding hydrogens is 170 g/mol. The average molecular weight is 187 g/mol. The van der Waals surface area contributed by atoms with Gasteiger partial charge in [0.2, 0.25) is 0 Å². The van der Waals surface area contributed by atoms with E-state index < -0.39 is 0 Å². The van der Waals surface area contributed by atoms with Gasteiger partial charge < -0.3 is 0 Å². The Morgan fingerprint density at radius 2 is 1.71 bits per heavy atom. The quantitative estimate of drug-likeness (QED) is 0.611. The smallest absolute Gasteiger partial charge is 0.187 e. The maximum Gasteiger partial charge on any atom is 0.187 e. The Morgan fingerprint density at radius 1 is 1.14 bits per heavy atom. The predicted octanol–water partition coefficient (Wildman–Crippen LogP) is 4.22. The third-order valence-corrected chi connectivity index (χ3v) is 2.23. The number of hydrogen-bond donors (Lipinski definition) is 0. The first-order chi connectivity index (χ1) is 6.51. The predicted molar refractivity (Wildman–Crippen MR) is 60.5 cm³/mol. The van der Waals surface area contributed by atoms with E-state index in [-0.39, 0.29) is 0 Å². The zero-order valence-corrected chi connectivity index (χ0v) is 9.17. The number of rotatable bonds is 2. The summed E-state index contributed by atoms with van der Waals surface area (Å²) in [7, 11) is 0. The first-order valence-electron chi connectivity index (χ1n) is 4.98. The number of nitrogens with zero attached hydrogens (tertiary/aromatic N) is 1. The van der Waals surface area contributed by atoms with Gasteiger partial charge in [0.15, 0.2) is 5.69 Å². The zero-order chi connectivity index (χ0) is 10.6. The Morgan fingerprint density at radius 3 is 2.14 bits per heavy atom. The van der Waals surface area contributed by atoms with Gasteiger partial charge in [-0.2, -0.15) is 0 Å². The van der Waals surface area contributed by atoms with Crippen molar-refractivity contribution in [3.8, 4) is 0 Å². The molecule has 0 atom stereocenters. The fourth-order valence-electron chi connectivity index (χ4n) is 1.26. The van der Waals surface area contributed by atoms with Crippen LogP contribution in [0.1, 0.15) is 32.8 Å². The van der Waals surface area contributed by atoms with Crippen LogP contribution in [0, 0.1) is 12.0 Å². The Hall–Kier alpha value is -1.29. The van der Waals surface area contributed by atoms with Gasteiger partial charge in [0.05, 0.1) is 6.57 Å². The van der Waals surface area contributed by atoms with Gasteiger partial charge in [-0.15, -0.1) is 0 Å². The van der Waals surface area contributed by atoms with Crippen LogP contribution in [0.2, 0.25) is 0 Å². The van der Waals surface area contributed by atoms with Crippen molar-refractivity contribution in [1.82, 2.24) is 0 Å². The van der Waals surface area contributed by atoms with E-state index in [0.717, 1.165) is 12.1 Å². The molecule has 14 heavy (non-hydrogen) atoms. The lowest BCUT2D eigenvalue weighted by molar-refractivity contribution is 0.378. The summed E-state index contributed by atoms with van der Waals surface area (Å²) in [5.74, 6) is 0. The van der Waals surface area contributed by atoms with Crippen LogP contribution in [0.25, 0.3) is 4.85 Å². The molecule has 0 heterocycles. The van der Waals surface area contributed by atoms with E-state index >= 15 is 0 Å². The molecule has 0 aromatic heterocycles. The summed E-state index contributed by atoms with van der Waals surface area (Å²) in [6, 6.07) is 7.90. The molecule has 0 saturated carbocycles. The fraction of sp³-hybridized carbons (Fsp3) is 0.462. The van der Waals surface area contributed by atoms with Crippen molar-refractivity contribution < 1.29 is 0 Å². The Bertz CT molecular complexity index is 322. The first kappa shape index (κ1) is 10.8. The molecule has 0 bridgehead atoms. The molecule has 0 spiro atoms. The Kier molecular flexibility index (Phi) is 3.30. The van der Waals surface area contributed by atoms with Gasteiger partial charge in [-0.25, -0.2) is 4.85 Å². The summed E-state index contributed by atoms with van der Waals surface area (Å²) < 4.78 is 0. The molecular formula is C13H17N. The van der Waals surface area contributed by atoms with E-state index in [1.807, 2.05) is 12.1 Å². The third kappa shape index (κ3) is 3.62. The molecule has 1 heteroatoms. The molecule has 1 nitrogen and oxygen atoms in total. The number of hydrogen-bond acceptors (Lipinski definition) is 0. The summed E-state index contributed by atoms with van der Waals surface area (Å²) in [5, 5.41) is 0. The average Bonchev–Trinajstić information content (AvgIpc) is 2.14. The van der Waals surface area contributed by atoms with Crippen LogP contribution in [-0.2, 0) is 6.42 Å². The maximum atomic E-state index is 6.84. The lowest BCUT2D eigenvalue weighted by Crippen LogP contribution is -2.06. The van der Waals surface area contributed by atoms with Gasteiger partial charge in [-0.3, -0.25) is 0 Å². The first-order valence-corrected chi connectivity index (χ1v) is 4.98. The van der Waals surface area contributed by atoms with E-state index in [9.17, 15) is 0 Å². The molecule has 0 radical (unpaired) electrons. The van der Waals surface area contributed by atoms with E-state index in [1.54, 1.807) is 0 Å². The largest absolute Gasteiger partial charge is 0.238 e. The fourth-order valence-corrected chi connectivity index (χ4v) is 1.26. The van der Waals surface area contributed by atoms with Gasteiger partial charge in [0.1, 0.15) is 0 Å². The molecule has 0 aliphatic heterocycles. The van der Waals surface area contributed by atoms with Crippen molar-refractivity contribution in [2.75, 3.05) is 0 Å². The summed E-state index contributed by atoms with van der Waals surface area (Å²) in [6.07, 6.45) is 2.28. The highest BCUT2D eigenvalue weighted by molar-refractivity contribution is 5.45. The van der Waals surface area contributed by atoms with Gasteiger partial charge >= 0.3 is 0 Å². The zero-order valence-electron chi connectivity index (χ0n) is 9.17. The van der Waals surface area contributed by atoms with E-state index in [0.29, 0.717) is 5.41 Å². The number of benzene rings is 1. The van der Waals surface area contributed by atoms with Crippen LogP contribution in [0.15, 0.2) is 24.3 Å². The molecule has 0 aliphatic rings. The number of aryl methyl sites for hydroxylation is 1. The van der Waals surface area contributed by atoms with E-state index in [2.05, 4.69) is 37.7 Å². The molecule has 0 fully saturated rings. The molecule has 1 rings (SSSR count). The van der Waals surface area contributed by atoms with Crippen molar-refractivity contribution in [2.24, 2.45) is 5.41 Å². The van der Waals surface area contributed by atoms with Crippen LogP contribution < -0.4 is 0 Å². The monoisotopic (exact) mass is 187 g/mol. The second-order valence-corrected chi connectivity index (χ2v) is 4.84. The Balaban J connectivity index is 2.58. The molecule has 0 unspecified atom stereocenters. The molecule has 0 N–H and O–H groups in total. The normalized spacial score (nSPS) is 11.0. The van der Waals surface area contributed by atoms with Crippen LogP contribution in [0.4, 0.5) is 5.69 Å². The molecule has 74 valence electrons. The highest BCUT2D eigenvalue weighted by Crippen LogP contribution is 2.22. The van der Waals surface area contributed by atoms with Crippen LogP contribution >= 0.6 is 0 Å². The molecule has 1 aromatic rings. The minimum atomic E-state index is 0.387. The highest BCUT2D eigenvalue weighted by atomic mass is 14.6. The highest BCUT2D eigenvalue weighted by Gasteiger charge is 2.09. The second kappa shape index (κ2) is 4.28. The molecule has 0 saturated heterocycles. The van der Waals surface area contributed by atoms with Gasteiger partial charge in [0, 0.05) is 0 Å². The lowest BCUT2D eigenvalue weighted by atomic mass is 9.89. The molecule has 0 amide bonds. The lowest BCUT2D eigenvalue weighted by Gasteiger charge is -2.17. The van der Waals surface area contributed by atoms with Crippen molar-refractivity contribution in [3.63, 3.8) is 0 Å². The minimum Gasteiger partial charge on any atom is -0.238 e. The van der Waals surface area contributed by atoms with Crippen LogP contribution in [0.5, 0.6) is 0 Å². The molecule has 0 aliphatic carbocycles. The summed E-state index contributed by atoms with van der Waals surface area (Å²) in [4.78, 5) is 3.37. The maximum absolute atomic E-state index is 6.84. The van der Waals surface area contributed by atoms with E-state index in [1.165, 1.54) is 12.0 Å².